The third kappa shape index (κ3) is 5.71. The zero-order chi connectivity index (χ0) is 16.5. The Morgan fingerprint density at radius 3 is 2.57 bits per heavy atom. The van der Waals surface area contributed by atoms with Crippen LogP contribution in [0.2, 0.25) is 0 Å². The number of amides is 1. The fraction of sp³-hybridized carbons (Fsp3) is 0.333. The van der Waals surface area contributed by atoms with Gasteiger partial charge in [0.15, 0.2) is 0 Å². The number of aromatic nitrogens is 1. The van der Waals surface area contributed by atoms with Crippen molar-refractivity contribution in [2.24, 2.45) is 5.73 Å². The van der Waals surface area contributed by atoms with E-state index in [9.17, 15) is 4.79 Å². The highest BCUT2D eigenvalue weighted by Gasteiger charge is 2.03. The second-order valence-electron chi connectivity index (χ2n) is 5.35. The number of rotatable bonds is 9. The Bertz CT molecular complexity index is 609. The normalized spacial score (nSPS) is 10.5. The lowest BCUT2D eigenvalue weighted by atomic mass is 10.1. The van der Waals surface area contributed by atoms with Crippen molar-refractivity contribution in [3.05, 3.63) is 53.7 Å². The first-order valence-corrected chi connectivity index (χ1v) is 7.92. The number of benzene rings is 1. The van der Waals surface area contributed by atoms with Crippen LogP contribution in [0.25, 0.3) is 0 Å². The summed E-state index contributed by atoms with van der Waals surface area (Å²) in [6.07, 6.45) is 4.84. The van der Waals surface area contributed by atoms with Gasteiger partial charge in [0.25, 0.3) is 0 Å². The van der Waals surface area contributed by atoms with Gasteiger partial charge in [-0.05, 0) is 49.7 Å². The predicted octanol–water partition coefficient (Wildman–Crippen LogP) is 2.91. The molecular formula is C18H23N3O2. The molecule has 0 saturated heterocycles. The molecule has 23 heavy (non-hydrogen) atoms. The van der Waals surface area contributed by atoms with Crippen LogP contribution in [0.15, 0.2) is 42.6 Å². The molecule has 0 atom stereocenters. The minimum Gasteiger partial charge on any atom is -0.439 e. The maximum absolute atomic E-state index is 11.0. The summed E-state index contributed by atoms with van der Waals surface area (Å²) in [7, 11) is 0. The molecule has 1 aromatic carbocycles. The zero-order valence-corrected chi connectivity index (χ0v) is 13.4. The first kappa shape index (κ1) is 17.0. The van der Waals surface area contributed by atoms with Gasteiger partial charge in [0.05, 0.1) is 5.56 Å². The second-order valence-corrected chi connectivity index (χ2v) is 5.35. The van der Waals surface area contributed by atoms with E-state index in [4.69, 9.17) is 10.5 Å². The highest BCUT2D eigenvalue weighted by atomic mass is 16.5. The van der Waals surface area contributed by atoms with Crippen LogP contribution in [-0.2, 0) is 6.42 Å². The monoisotopic (exact) mass is 313 g/mol. The summed E-state index contributed by atoms with van der Waals surface area (Å²) in [6, 6.07) is 11.2. The molecule has 0 aliphatic rings. The molecule has 2 aromatic rings. The number of carbonyl (C=O) groups excluding carboxylic acids is 1. The molecule has 2 rings (SSSR count). The average Bonchev–Trinajstić information content (AvgIpc) is 2.57. The fourth-order valence-corrected chi connectivity index (χ4v) is 2.09. The van der Waals surface area contributed by atoms with E-state index in [0.717, 1.165) is 19.5 Å². The number of nitrogens with two attached hydrogens (primary N) is 1. The van der Waals surface area contributed by atoms with Gasteiger partial charge >= 0.3 is 0 Å². The molecule has 0 aliphatic heterocycles. The molecule has 0 saturated carbocycles. The molecule has 0 spiro atoms. The van der Waals surface area contributed by atoms with Crippen molar-refractivity contribution in [3.8, 4) is 11.6 Å². The van der Waals surface area contributed by atoms with Crippen LogP contribution in [-0.4, -0.2) is 24.0 Å². The van der Waals surface area contributed by atoms with Crippen LogP contribution in [0.5, 0.6) is 11.6 Å². The van der Waals surface area contributed by atoms with Crippen LogP contribution >= 0.6 is 0 Å². The van der Waals surface area contributed by atoms with Gasteiger partial charge in [-0.1, -0.05) is 25.5 Å². The molecule has 0 radical (unpaired) electrons. The first-order chi connectivity index (χ1) is 11.2. The van der Waals surface area contributed by atoms with E-state index < -0.39 is 5.91 Å². The molecule has 1 heterocycles. The van der Waals surface area contributed by atoms with Gasteiger partial charge < -0.3 is 15.8 Å². The van der Waals surface area contributed by atoms with E-state index in [0.29, 0.717) is 17.2 Å². The Morgan fingerprint density at radius 1 is 1.17 bits per heavy atom. The Labute approximate surface area is 136 Å². The Hall–Kier alpha value is -2.40. The summed E-state index contributed by atoms with van der Waals surface area (Å²) in [5.74, 6) is 0.650. The van der Waals surface area contributed by atoms with E-state index in [2.05, 4.69) is 29.4 Å². The van der Waals surface area contributed by atoms with Gasteiger partial charge in [-0.3, -0.25) is 4.79 Å². The minimum atomic E-state index is -0.499. The molecule has 3 N–H and O–H groups in total. The summed E-state index contributed by atoms with van der Waals surface area (Å²) >= 11 is 0. The third-order valence-corrected chi connectivity index (χ3v) is 3.46. The summed E-state index contributed by atoms with van der Waals surface area (Å²) < 4.78 is 5.65. The van der Waals surface area contributed by atoms with Gasteiger partial charge in [0.1, 0.15) is 5.75 Å². The summed E-state index contributed by atoms with van der Waals surface area (Å²) in [5.41, 5.74) is 6.80. The van der Waals surface area contributed by atoms with Crippen molar-refractivity contribution in [2.75, 3.05) is 13.1 Å². The van der Waals surface area contributed by atoms with E-state index in [-0.39, 0.29) is 0 Å². The molecule has 5 heteroatoms. The maximum Gasteiger partial charge on any atom is 0.250 e. The number of nitrogens with zero attached hydrogens (tertiary/aromatic N) is 1. The minimum absolute atomic E-state index is 0.364. The van der Waals surface area contributed by atoms with E-state index in [1.807, 2.05) is 12.1 Å². The smallest absolute Gasteiger partial charge is 0.250 e. The van der Waals surface area contributed by atoms with Gasteiger partial charge in [-0.2, -0.15) is 0 Å². The number of pyridine rings is 1. The SMILES string of the molecule is CCCCNCCc1ccc(Oc2ccc(C(N)=O)cn2)cc1. The molecule has 0 bridgehead atoms. The standard InChI is InChI=1S/C18H23N3O2/c1-2-3-11-20-12-10-14-4-7-16(8-5-14)23-17-9-6-15(13-21-17)18(19)22/h4-9,13,20H,2-3,10-12H2,1H3,(H2,19,22). The third-order valence-electron chi connectivity index (χ3n) is 3.46. The molecule has 1 amide bonds. The van der Waals surface area contributed by atoms with Crippen LogP contribution in [0.1, 0.15) is 35.7 Å². The number of ether oxygens (including phenoxy) is 1. The number of hydrogen-bond acceptors (Lipinski definition) is 4. The second kappa shape index (κ2) is 8.90. The van der Waals surface area contributed by atoms with Gasteiger partial charge in [-0.15, -0.1) is 0 Å². The lowest BCUT2D eigenvalue weighted by Crippen LogP contribution is -2.18. The number of nitrogens with one attached hydrogen (secondary N) is 1. The largest absolute Gasteiger partial charge is 0.439 e. The molecular weight excluding hydrogens is 290 g/mol. The Kier molecular flexibility index (Phi) is 6.56. The van der Waals surface area contributed by atoms with Crippen molar-refractivity contribution < 1.29 is 9.53 Å². The topological polar surface area (TPSA) is 77.2 Å². The van der Waals surface area contributed by atoms with Crippen molar-refractivity contribution in [2.45, 2.75) is 26.2 Å². The molecule has 122 valence electrons. The quantitative estimate of drug-likeness (QED) is 0.698. The van der Waals surface area contributed by atoms with Gasteiger partial charge in [0.2, 0.25) is 11.8 Å². The van der Waals surface area contributed by atoms with Crippen molar-refractivity contribution in [1.29, 1.82) is 0 Å². The predicted molar refractivity (Wildman–Crippen MR) is 90.8 cm³/mol. The van der Waals surface area contributed by atoms with Gasteiger partial charge in [0, 0.05) is 12.3 Å². The first-order valence-electron chi connectivity index (χ1n) is 7.92. The Balaban J connectivity index is 1.83. The molecule has 1 aromatic heterocycles. The number of primary amides is 1. The van der Waals surface area contributed by atoms with Crippen molar-refractivity contribution in [3.63, 3.8) is 0 Å². The summed E-state index contributed by atoms with van der Waals surface area (Å²) in [4.78, 5) is 15.1. The van der Waals surface area contributed by atoms with E-state index in [1.54, 1.807) is 12.1 Å². The lowest BCUT2D eigenvalue weighted by Gasteiger charge is -2.07. The van der Waals surface area contributed by atoms with Crippen molar-refractivity contribution >= 4 is 5.91 Å². The average molecular weight is 313 g/mol. The number of hydrogen-bond donors (Lipinski definition) is 2. The van der Waals surface area contributed by atoms with Crippen LogP contribution in [0.3, 0.4) is 0 Å². The molecule has 5 nitrogen and oxygen atoms in total. The van der Waals surface area contributed by atoms with E-state index in [1.165, 1.54) is 24.6 Å². The lowest BCUT2D eigenvalue weighted by molar-refractivity contribution is 0.1000. The van der Waals surface area contributed by atoms with Crippen LogP contribution in [0, 0.1) is 0 Å². The molecule has 0 aliphatic carbocycles. The Morgan fingerprint density at radius 2 is 1.96 bits per heavy atom. The summed E-state index contributed by atoms with van der Waals surface area (Å²) in [6.45, 7) is 4.25. The zero-order valence-electron chi connectivity index (χ0n) is 13.4. The molecule has 0 unspecified atom stereocenters. The van der Waals surface area contributed by atoms with Crippen molar-refractivity contribution in [1.82, 2.24) is 10.3 Å². The van der Waals surface area contributed by atoms with Crippen LogP contribution < -0.4 is 15.8 Å². The highest BCUT2D eigenvalue weighted by molar-refractivity contribution is 5.92. The number of unbranched alkanes of at least 4 members (excludes halogenated alkanes) is 1. The highest BCUT2D eigenvalue weighted by Crippen LogP contribution is 2.20. The summed E-state index contributed by atoms with van der Waals surface area (Å²) in [5, 5.41) is 3.42. The molecule has 0 fully saturated rings. The van der Waals surface area contributed by atoms with E-state index >= 15 is 0 Å². The van der Waals surface area contributed by atoms with Crippen LogP contribution in [0.4, 0.5) is 0 Å². The fourth-order valence-electron chi connectivity index (χ4n) is 2.09. The number of carbonyl (C=O) groups is 1. The van der Waals surface area contributed by atoms with Gasteiger partial charge in [-0.25, -0.2) is 4.98 Å². The maximum atomic E-state index is 11.0.